The zero-order valence-electron chi connectivity index (χ0n) is 8.89. The molecule has 0 aliphatic rings. The Labute approximate surface area is 85.1 Å². The molecule has 1 aromatic rings. The van der Waals surface area contributed by atoms with Crippen molar-refractivity contribution in [3.8, 4) is 0 Å². The van der Waals surface area contributed by atoms with Gasteiger partial charge in [0.25, 0.3) is 0 Å². The Morgan fingerprint density at radius 2 is 2.14 bits per heavy atom. The average molecular weight is 195 g/mol. The van der Waals surface area contributed by atoms with E-state index in [4.69, 9.17) is 5.73 Å². The zero-order valence-corrected chi connectivity index (χ0v) is 8.89. The molecule has 1 nitrogen and oxygen atoms in total. The van der Waals surface area contributed by atoms with Crippen molar-refractivity contribution in [2.45, 2.75) is 39.2 Å². The molecule has 2 heteroatoms. The van der Waals surface area contributed by atoms with Gasteiger partial charge in [-0.2, -0.15) is 0 Å². The van der Waals surface area contributed by atoms with E-state index in [0.29, 0.717) is 5.56 Å². The summed E-state index contributed by atoms with van der Waals surface area (Å²) in [6.45, 7) is 3.89. The molecule has 0 aromatic heterocycles. The van der Waals surface area contributed by atoms with Crippen molar-refractivity contribution in [1.82, 2.24) is 0 Å². The Morgan fingerprint density at radius 3 is 2.71 bits per heavy atom. The highest BCUT2D eigenvalue weighted by Crippen LogP contribution is 2.19. The highest BCUT2D eigenvalue weighted by Gasteiger charge is 2.07. The number of nitrogens with two attached hydrogens (primary N) is 1. The Kier molecular flexibility index (Phi) is 4.08. The SMILES string of the molecule is CCCC[C@H](N)c1ccc(C)c(F)c1. The van der Waals surface area contributed by atoms with Gasteiger partial charge in [0.1, 0.15) is 5.82 Å². The van der Waals surface area contributed by atoms with E-state index in [1.165, 1.54) is 0 Å². The molecule has 0 aliphatic heterocycles. The molecule has 0 bridgehead atoms. The maximum Gasteiger partial charge on any atom is 0.126 e. The van der Waals surface area contributed by atoms with E-state index in [2.05, 4.69) is 6.92 Å². The summed E-state index contributed by atoms with van der Waals surface area (Å²) in [5, 5.41) is 0. The van der Waals surface area contributed by atoms with Crippen LogP contribution in [-0.4, -0.2) is 0 Å². The number of benzene rings is 1. The van der Waals surface area contributed by atoms with E-state index in [0.717, 1.165) is 24.8 Å². The van der Waals surface area contributed by atoms with Gasteiger partial charge in [-0.25, -0.2) is 4.39 Å². The lowest BCUT2D eigenvalue weighted by molar-refractivity contribution is 0.585. The van der Waals surface area contributed by atoms with Crippen LogP contribution >= 0.6 is 0 Å². The van der Waals surface area contributed by atoms with Gasteiger partial charge >= 0.3 is 0 Å². The third-order valence-electron chi connectivity index (χ3n) is 2.49. The second-order valence-corrected chi connectivity index (χ2v) is 3.76. The van der Waals surface area contributed by atoms with Gasteiger partial charge in [-0.05, 0) is 30.5 Å². The highest BCUT2D eigenvalue weighted by atomic mass is 19.1. The number of unbranched alkanes of at least 4 members (excludes halogenated alkanes) is 1. The van der Waals surface area contributed by atoms with E-state index in [1.54, 1.807) is 19.1 Å². The van der Waals surface area contributed by atoms with Gasteiger partial charge in [-0.1, -0.05) is 31.9 Å². The Balaban J connectivity index is 2.70. The first kappa shape index (κ1) is 11.2. The maximum absolute atomic E-state index is 13.2. The van der Waals surface area contributed by atoms with Crippen LogP contribution in [0.4, 0.5) is 4.39 Å². The fraction of sp³-hybridized carbons (Fsp3) is 0.500. The molecule has 1 rings (SSSR count). The number of hydrogen-bond acceptors (Lipinski definition) is 1. The minimum atomic E-state index is -0.158. The lowest BCUT2D eigenvalue weighted by atomic mass is 10.0. The highest BCUT2D eigenvalue weighted by molar-refractivity contribution is 5.25. The van der Waals surface area contributed by atoms with Crippen LogP contribution in [0.25, 0.3) is 0 Å². The molecule has 0 heterocycles. The Hall–Kier alpha value is -0.890. The van der Waals surface area contributed by atoms with Crippen LogP contribution in [0, 0.1) is 12.7 Å². The van der Waals surface area contributed by atoms with Crippen LogP contribution in [-0.2, 0) is 0 Å². The predicted octanol–water partition coefficient (Wildman–Crippen LogP) is 3.32. The van der Waals surface area contributed by atoms with Crippen molar-refractivity contribution >= 4 is 0 Å². The quantitative estimate of drug-likeness (QED) is 0.783. The van der Waals surface area contributed by atoms with E-state index in [-0.39, 0.29) is 11.9 Å². The second-order valence-electron chi connectivity index (χ2n) is 3.76. The van der Waals surface area contributed by atoms with Crippen LogP contribution in [0.1, 0.15) is 43.4 Å². The van der Waals surface area contributed by atoms with E-state index < -0.39 is 0 Å². The first-order chi connectivity index (χ1) is 6.65. The van der Waals surface area contributed by atoms with Crippen molar-refractivity contribution < 1.29 is 4.39 Å². The summed E-state index contributed by atoms with van der Waals surface area (Å²) in [6.07, 6.45) is 3.15. The average Bonchev–Trinajstić information content (AvgIpc) is 2.18. The summed E-state index contributed by atoms with van der Waals surface area (Å²) < 4.78 is 13.2. The molecule has 1 atom stereocenters. The van der Waals surface area contributed by atoms with Gasteiger partial charge in [0.15, 0.2) is 0 Å². The fourth-order valence-corrected chi connectivity index (χ4v) is 1.43. The summed E-state index contributed by atoms with van der Waals surface area (Å²) in [5.74, 6) is -0.158. The predicted molar refractivity (Wildman–Crippen MR) is 57.6 cm³/mol. The molecular weight excluding hydrogens is 177 g/mol. The third-order valence-corrected chi connectivity index (χ3v) is 2.49. The van der Waals surface area contributed by atoms with Crippen LogP contribution in [0.5, 0.6) is 0 Å². The minimum absolute atomic E-state index is 0.0231. The molecule has 0 saturated carbocycles. The van der Waals surface area contributed by atoms with E-state index in [1.807, 2.05) is 6.07 Å². The standard InChI is InChI=1S/C12H18FN/c1-3-4-5-12(14)10-7-6-9(2)11(13)8-10/h6-8,12H,3-5,14H2,1-2H3/t12-/m0/s1. The lowest BCUT2D eigenvalue weighted by Crippen LogP contribution is -2.10. The lowest BCUT2D eigenvalue weighted by Gasteiger charge is -2.11. The van der Waals surface area contributed by atoms with Crippen molar-refractivity contribution in [2.24, 2.45) is 5.73 Å². The van der Waals surface area contributed by atoms with Gasteiger partial charge < -0.3 is 5.73 Å². The normalized spacial score (nSPS) is 12.9. The topological polar surface area (TPSA) is 26.0 Å². The Morgan fingerprint density at radius 1 is 1.43 bits per heavy atom. The number of hydrogen-bond donors (Lipinski definition) is 1. The fourth-order valence-electron chi connectivity index (χ4n) is 1.43. The summed E-state index contributed by atoms with van der Waals surface area (Å²) in [5.41, 5.74) is 7.51. The minimum Gasteiger partial charge on any atom is -0.324 e. The Bertz CT molecular complexity index is 296. The largest absolute Gasteiger partial charge is 0.324 e. The molecule has 14 heavy (non-hydrogen) atoms. The molecule has 2 N–H and O–H groups in total. The summed E-state index contributed by atoms with van der Waals surface area (Å²) in [6, 6.07) is 5.23. The zero-order chi connectivity index (χ0) is 10.6. The van der Waals surface area contributed by atoms with Gasteiger partial charge in [-0.3, -0.25) is 0 Å². The molecule has 0 radical (unpaired) electrons. The first-order valence-electron chi connectivity index (χ1n) is 5.16. The summed E-state index contributed by atoms with van der Waals surface area (Å²) in [7, 11) is 0. The van der Waals surface area contributed by atoms with Gasteiger partial charge in [0.2, 0.25) is 0 Å². The van der Waals surface area contributed by atoms with Crippen molar-refractivity contribution in [2.75, 3.05) is 0 Å². The molecule has 0 unspecified atom stereocenters. The van der Waals surface area contributed by atoms with E-state index in [9.17, 15) is 4.39 Å². The smallest absolute Gasteiger partial charge is 0.126 e. The van der Waals surface area contributed by atoms with Crippen molar-refractivity contribution in [3.05, 3.63) is 35.1 Å². The number of aryl methyl sites for hydroxylation is 1. The van der Waals surface area contributed by atoms with Gasteiger partial charge in [-0.15, -0.1) is 0 Å². The second kappa shape index (κ2) is 5.11. The first-order valence-corrected chi connectivity index (χ1v) is 5.16. The van der Waals surface area contributed by atoms with Gasteiger partial charge in [0, 0.05) is 6.04 Å². The van der Waals surface area contributed by atoms with Gasteiger partial charge in [0.05, 0.1) is 0 Å². The van der Waals surface area contributed by atoms with Crippen molar-refractivity contribution in [3.63, 3.8) is 0 Å². The monoisotopic (exact) mass is 195 g/mol. The molecule has 0 aliphatic carbocycles. The molecule has 0 saturated heterocycles. The molecule has 0 amide bonds. The maximum atomic E-state index is 13.2. The van der Waals surface area contributed by atoms with Crippen molar-refractivity contribution in [1.29, 1.82) is 0 Å². The molecular formula is C12H18FN. The molecule has 78 valence electrons. The van der Waals surface area contributed by atoms with Crippen LogP contribution in [0.3, 0.4) is 0 Å². The van der Waals surface area contributed by atoms with Crippen LogP contribution in [0.2, 0.25) is 0 Å². The molecule has 0 spiro atoms. The van der Waals surface area contributed by atoms with Crippen LogP contribution < -0.4 is 5.73 Å². The van der Waals surface area contributed by atoms with Crippen LogP contribution in [0.15, 0.2) is 18.2 Å². The summed E-state index contributed by atoms with van der Waals surface area (Å²) in [4.78, 5) is 0. The molecule has 1 aromatic carbocycles. The van der Waals surface area contributed by atoms with E-state index >= 15 is 0 Å². The number of rotatable bonds is 4. The summed E-state index contributed by atoms with van der Waals surface area (Å²) >= 11 is 0. The third kappa shape index (κ3) is 2.81. The number of halogens is 1. The molecule has 0 fully saturated rings.